The van der Waals surface area contributed by atoms with Gasteiger partial charge in [-0.1, -0.05) is 12.1 Å². The van der Waals surface area contributed by atoms with Crippen molar-refractivity contribution in [2.75, 3.05) is 6.61 Å². The Morgan fingerprint density at radius 3 is 2.50 bits per heavy atom. The summed E-state index contributed by atoms with van der Waals surface area (Å²) in [6.07, 6.45) is -0.176. The number of amides is 1. The highest BCUT2D eigenvalue weighted by Gasteiger charge is 2.28. The molecule has 0 aliphatic carbocycles. The molecule has 0 radical (unpaired) electrons. The number of nitrogens with zero attached hydrogens (tertiary/aromatic N) is 2. The smallest absolute Gasteiger partial charge is 0.422 e. The van der Waals surface area contributed by atoms with E-state index in [1.54, 1.807) is 12.1 Å². The molecule has 1 aromatic carbocycles. The van der Waals surface area contributed by atoms with E-state index in [0.717, 1.165) is 5.56 Å². The number of carbonyl (C=O) groups excluding carboxylic acids is 1. The van der Waals surface area contributed by atoms with Crippen LogP contribution in [0, 0.1) is 0 Å². The largest absolute Gasteiger partial charge is 0.484 e. The van der Waals surface area contributed by atoms with Gasteiger partial charge in [0.25, 0.3) is 5.91 Å². The molecule has 0 saturated carbocycles. The maximum atomic E-state index is 12.0. The average Bonchev–Trinajstić information content (AvgIpc) is 2.52. The molecule has 5 nitrogen and oxygen atoms in total. The molecule has 1 aromatic heterocycles. The quantitative estimate of drug-likeness (QED) is 0.920. The van der Waals surface area contributed by atoms with E-state index in [0.29, 0.717) is 0 Å². The molecular weight excluding hydrogens is 299 g/mol. The van der Waals surface area contributed by atoms with Gasteiger partial charge in [-0.05, 0) is 17.7 Å². The zero-order valence-corrected chi connectivity index (χ0v) is 11.3. The Bertz CT molecular complexity index is 615. The molecule has 2 aromatic rings. The van der Waals surface area contributed by atoms with Crippen molar-refractivity contribution in [2.45, 2.75) is 12.7 Å². The zero-order chi connectivity index (χ0) is 16.0. The second-order valence-corrected chi connectivity index (χ2v) is 4.32. The van der Waals surface area contributed by atoms with E-state index in [1.165, 1.54) is 30.7 Å². The zero-order valence-electron chi connectivity index (χ0n) is 11.3. The van der Waals surface area contributed by atoms with Gasteiger partial charge in [0.15, 0.2) is 6.61 Å². The number of benzene rings is 1. The molecule has 8 heteroatoms. The fourth-order valence-electron chi connectivity index (χ4n) is 1.56. The normalized spacial score (nSPS) is 11.0. The van der Waals surface area contributed by atoms with Crippen molar-refractivity contribution < 1.29 is 22.7 Å². The Kier molecular flexibility index (Phi) is 4.92. The van der Waals surface area contributed by atoms with E-state index in [4.69, 9.17) is 0 Å². The number of rotatable bonds is 5. The van der Waals surface area contributed by atoms with Crippen LogP contribution < -0.4 is 10.1 Å². The molecule has 0 aliphatic heterocycles. The first-order valence-electron chi connectivity index (χ1n) is 6.27. The van der Waals surface area contributed by atoms with Gasteiger partial charge in [0, 0.05) is 18.9 Å². The lowest BCUT2D eigenvalue weighted by Gasteiger charge is -2.10. The van der Waals surface area contributed by atoms with Crippen LogP contribution in [-0.2, 0) is 6.54 Å². The number of nitrogens with one attached hydrogen (secondary N) is 1. The van der Waals surface area contributed by atoms with Gasteiger partial charge >= 0.3 is 6.18 Å². The molecule has 1 heterocycles. The molecule has 0 unspecified atom stereocenters. The summed E-state index contributed by atoms with van der Waals surface area (Å²) in [5, 5.41) is 2.63. The third kappa shape index (κ3) is 5.04. The number of aromatic nitrogens is 2. The third-order valence-electron chi connectivity index (χ3n) is 2.57. The Labute approximate surface area is 124 Å². The minimum Gasteiger partial charge on any atom is -0.484 e. The summed E-state index contributed by atoms with van der Waals surface area (Å²) in [6.45, 7) is -1.12. The van der Waals surface area contributed by atoms with Gasteiger partial charge in [0.05, 0.1) is 6.20 Å². The molecule has 22 heavy (non-hydrogen) atoms. The number of ether oxygens (including phenoxy) is 1. The maximum absolute atomic E-state index is 12.0. The SMILES string of the molecule is O=C(NCc1ccc(OCC(F)(F)F)cc1)c1cnccn1. The summed E-state index contributed by atoms with van der Waals surface area (Å²) in [5.74, 6) is -0.271. The first-order chi connectivity index (χ1) is 10.4. The molecule has 1 amide bonds. The molecule has 2 rings (SSSR count). The predicted molar refractivity (Wildman–Crippen MR) is 71.2 cm³/mol. The van der Waals surface area contributed by atoms with Crippen molar-refractivity contribution in [1.29, 1.82) is 0 Å². The molecule has 0 saturated heterocycles. The van der Waals surface area contributed by atoms with Crippen LogP contribution in [0.4, 0.5) is 13.2 Å². The van der Waals surface area contributed by atoms with E-state index >= 15 is 0 Å². The second-order valence-electron chi connectivity index (χ2n) is 4.32. The Hall–Kier alpha value is -2.64. The van der Waals surface area contributed by atoms with Crippen LogP contribution in [-0.4, -0.2) is 28.7 Å². The average molecular weight is 311 g/mol. The van der Waals surface area contributed by atoms with Gasteiger partial charge in [0.2, 0.25) is 0 Å². The number of hydrogen-bond donors (Lipinski definition) is 1. The molecule has 116 valence electrons. The van der Waals surface area contributed by atoms with Crippen molar-refractivity contribution in [2.24, 2.45) is 0 Å². The summed E-state index contributed by atoms with van der Waals surface area (Å²) in [5.41, 5.74) is 0.907. The lowest BCUT2D eigenvalue weighted by Crippen LogP contribution is -2.23. The summed E-state index contributed by atoms with van der Waals surface area (Å²) in [7, 11) is 0. The molecule has 0 atom stereocenters. The Morgan fingerprint density at radius 2 is 1.91 bits per heavy atom. The van der Waals surface area contributed by atoms with Crippen molar-refractivity contribution in [3.63, 3.8) is 0 Å². The van der Waals surface area contributed by atoms with E-state index in [-0.39, 0.29) is 23.9 Å². The van der Waals surface area contributed by atoms with Crippen LogP contribution in [0.3, 0.4) is 0 Å². The lowest BCUT2D eigenvalue weighted by atomic mass is 10.2. The number of alkyl halides is 3. The van der Waals surface area contributed by atoms with Crippen LogP contribution in [0.2, 0.25) is 0 Å². The molecule has 0 fully saturated rings. The minimum atomic E-state index is -4.37. The topological polar surface area (TPSA) is 64.1 Å². The van der Waals surface area contributed by atoms with Gasteiger partial charge in [-0.3, -0.25) is 9.78 Å². The summed E-state index contributed by atoms with van der Waals surface area (Å²) >= 11 is 0. The monoisotopic (exact) mass is 311 g/mol. The lowest BCUT2D eigenvalue weighted by molar-refractivity contribution is -0.153. The second kappa shape index (κ2) is 6.88. The van der Waals surface area contributed by atoms with Gasteiger partial charge < -0.3 is 10.1 Å². The van der Waals surface area contributed by atoms with E-state index in [9.17, 15) is 18.0 Å². The van der Waals surface area contributed by atoms with Crippen molar-refractivity contribution >= 4 is 5.91 Å². The summed E-state index contributed by atoms with van der Waals surface area (Å²) in [6, 6.07) is 5.97. The van der Waals surface area contributed by atoms with Gasteiger partial charge in [0.1, 0.15) is 11.4 Å². The molecule has 0 aliphatic rings. The predicted octanol–water partition coefficient (Wildman–Crippen LogP) is 2.35. The van der Waals surface area contributed by atoms with Crippen molar-refractivity contribution in [3.05, 3.63) is 54.1 Å². The third-order valence-corrected chi connectivity index (χ3v) is 2.57. The van der Waals surface area contributed by atoms with Crippen LogP contribution in [0.5, 0.6) is 5.75 Å². The fourth-order valence-corrected chi connectivity index (χ4v) is 1.56. The number of halogens is 3. The summed E-state index contributed by atoms with van der Waals surface area (Å²) in [4.78, 5) is 19.4. The molecule has 0 bridgehead atoms. The standard InChI is InChI=1S/C14H12F3N3O2/c15-14(16,17)9-22-11-3-1-10(2-4-11)7-20-13(21)12-8-18-5-6-19-12/h1-6,8H,7,9H2,(H,20,21). The Balaban J connectivity index is 1.85. The Morgan fingerprint density at radius 1 is 1.18 bits per heavy atom. The number of carbonyl (C=O) groups is 1. The van der Waals surface area contributed by atoms with Gasteiger partial charge in [-0.2, -0.15) is 13.2 Å². The molecular formula is C14H12F3N3O2. The number of hydrogen-bond acceptors (Lipinski definition) is 4. The van der Waals surface area contributed by atoms with Crippen molar-refractivity contribution in [3.8, 4) is 5.75 Å². The van der Waals surface area contributed by atoms with Crippen molar-refractivity contribution in [1.82, 2.24) is 15.3 Å². The van der Waals surface area contributed by atoms with Crippen LogP contribution in [0.25, 0.3) is 0 Å². The fraction of sp³-hybridized carbons (Fsp3) is 0.214. The van der Waals surface area contributed by atoms with Gasteiger partial charge in [-0.15, -0.1) is 0 Å². The maximum Gasteiger partial charge on any atom is 0.422 e. The van der Waals surface area contributed by atoms with E-state index < -0.39 is 12.8 Å². The highest BCUT2D eigenvalue weighted by atomic mass is 19.4. The van der Waals surface area contributed by atoms with Crippen LogP contribution in [0.15, 0.2) is 42.9 Å². The van der Waals surface area contributed by atoms with E-state index in [2.05, 4.69) is 20.0 Å². The van der Waals surface area contributed by atoms with Gasteiger partial charge in [-0.25, -0.2) is 4.98 Å². The van der Waals surface area contributed by atoms with Crippen LogP contribution in [0.1, 0.15) is 16.1 Å². The first-order valence-corrected chi connectivity index (χ1v) is 6.27. The first kappa shape index (κ1) is 15.7. The molecule has 0 spiro atoms. The highest BCUT2D eigenvalue weighted by Crippen LogP contribution is 2.18. The molecule has 1 N–H and O–H groups in total. The minimum absolute atomic E-state index is 0.112. The van der Waals surface area contributed by atoms with Crippen LogP contribution >= 0.6 is 0 Å². The van der Waals surface area contributed by atoms with E-state index in [1.807, 2.05) is 0 Å². The highest BCUT2D eigenvalue weighted by molar-refractivity contribution is 5.91. The summed E-state index contributed by atoms with van der Waals surface area (Å²) < 4.78 is 40.6.